The van der Waals surface area contributed by atoms with Crippen molar-refractivity contribution in [2.75, 3.05) is 0 Å². The van der Waals surface area contributed by atoms with Gasteiger partial charge in [0, 0.05) is 5.56 Å². The summed E-state index contributed by atoms with van der Waals surface area (Å²) < 4.78 is 28.7. The van der Waals surface area contributed by atoms with Crippen molar-refractivity contribution >= 4 is 30.0 Å². The maximum Gasteiger partial charge on any atom is 0.216 e. The summed E-state index contributed by atoms with van der Waals surface area (Å²) in [6, 6.07) is 10.6. The van der Waals surface area contributed by atoms with Crippen molar-refractivity contribution in [3.63, 3.8) is 0 Å². The number of hydrogen-bond donors (Lipinski definition) is 1. The number of H-pyrrole nitrogens is 1. The van der Waals surface area contributed by atoms with Gasteiger partial charge in [0.2, 0.25) is 4.77 Å². The highest BCUT2D eigenvalue weighted by Gasteiger charge is 2.12. The Kier molecular flexibility index (Phi) is 4.31. The predicted molar refractivity (Wildman–Crippen MR) is 87.2 cm³/mol. The number of rotatable bonds is 3. The first-order valence-corrected chi connectivity index (χ1v) is 7.27. The van der Waals surface area contributed by atoms with Gasteiger partial charge in [-0.05, 0) is 36.5 Å². The van der Waals surface area contributed by atoms with Crippen LogP contribution >= 0.6 is 23.8 Å². The minimum Gasteiger partial charge on any atom is -0.250 e. The van der Waals surface area contributed by atoms with E-state index in [1.54, 1.807) is 24.3 Å². The van der Waals surface area contributed by atoms with E-state index in [2.05, 4.69) is 15.3 Å². The molecule has 0 amide bonds. The number of nitrogens with one attached hydrogen (secondary N) is 1. The minimum atomic E-state index is -0.719. The Morgan fingerprint density at radius 2 is 1.83 bits per heavy atom. The standard InChI is InChI=1S/C15H9ClF2N4S/c16-11-5-2-1-4-9(11)14-20-21-15(23)22(14)19-8-10-12(17)6-3-7-13(10)18/h1-8H,(H,21,23)/b19-8-. The average Bonchev–Trinajstić information content (AvgIpc) is 2.88. The van der Waals surface area contributed by atoms with Crippen LogP contribution in [0.5, 0.6) is 0 Å². The lowest BCUT2D eigenvalue weighted by Crippen LogP contribution is -1.98. The maximum absolute atomic E-state index is 13.7. The molecule has 0 bridgehead atoms. The normalized spacial score (nSPS) is 11.3. The molecule has 0 aliphatic rings. The molecule has 1 aromatic heterocycles. The number of aromatic nitrogens is 3. The van der Waals surface area contributed by atoms with Crippen LogP contribution in [0.15, 0.2) is 47.6 Å². The van der Waals surface area contributed by atoms with Crippen molar-refractivity contribution in [2.45, 2.75) is 0 Å². The van der Waals surface area contributed by atoms with E-state index in [0.717, 1.165) is 18.3 Å². The first kappa shape index (κ1) is 15.5. The molecule has 0 fully saturated rings. The van der Waals surface area contributed by atoms with Gasteiger partial charge in [0.1, 0.15) is 11.6 Å². The summed E-state index contributed by atoms with van der Waals surface area (Å²) in [5.74, 6) is -1.10. The Morgan fingerprint density at radius 3 is 2.52 bits per heavy atom. The van der Waals surface area contributed by atoms with Crippen LogP contribution in [-0.4, -0.2) is 21.1 Å². The van der Waals surface area contributed by atoms with Crippen LogP contribution in [0, 0.1) is 16.4 Å². The molecule has 3 rings (SSSR count). The molecule has 0 saturated carbocycles. The highest BCUT2D eigenvalue weighted by molar-refractivity contribution is 7.71. The van der Waals surface area contributed by atoms with Crippen molar-refractivity contribution in [1.82, 2.24) is 14.9 Å². The summed E-state index contributed by atoms with van der Waals surface area (Å²) in [5, 5.41) is 11.1. The van der Waals surface area contributed by atoms with Gasteiger partial charge in [-0.1, -0.05) is 29.8 Å². The quantitative estimate of drug-likeness (QED) is 0.561. The molecule has 4 nitrogen and oxygen atoms in total. The number of benzene rings is 2. The van der Waals surface area contributed by atoms with Crippen LogP contribution in [0.1, 0.15) is 5.56 Å². The van der Waals surface area contributed by atoms with Gasteiger partial charge in [-0.25, -0.2) is 13.9 Å². The first-order valence-electron chi connectivity index (χ1n) is 6.48. The Labute approximate surface area is 140 Å². The topological polar surface area (TPSA) is 46.0 Å². The van der Waals surface area contributed by atoms with Crippen molar-refractivity contribution in [1.29, 1.82) is 0 Å². The Bertz CT molecular complexity index is 928. The second-order valence-corrected chi connectivity index (χ2v) is 5.32. The van der Waals surface area contributed by atoms with E-state index in [4.69, 9.17) is 23.8 Å². The van der Waals surface area contributed by atoms with Gasteiger partial charge in [-0.2, -0.15) is 14.9 Å². The highest BCUT2D eigenvalue weighted by Crippen LogP contribution is 2.25. The number of hydrogen-bond acceptors (Lipinski definition) is 3. The Balaban J connectivity index is 2.09. The van der Waals surface area contributed by atoms with Gasteiger partial charge < -0.3 is 0 Å². The Morgan fingerprint density at radius 1 is 1.13 bits per heavy atom. The van der Waals surface area contributed by atoms with Crippen LogP contribution in [0.2, 0.25) is 5.02 Å². The molecule has 3 aromatic rings. The van der Waals surface area contributed by atoms with Gasteiger partial charge in [-0.3, -0.25) is 0 Å². The molecule has 1 N–H and O–H groups in total. The molecule has 0 radical (unpaired) electrons. The molecule has 2 aromatic carbocycles. The molecule has 23 heavy (non-hydrogen) atoms. The van der Waals surface area contributed by atoms with E-state index in [1.165, 1.54) is 10.7 Å². The zero-order chi connectivity index (χ0) is 16.4. The molecule has 0 saturated heterocycles. The summed E-state index contributed by atoms with van der Waals surface area (Å²) >= 11 is 11.2. The summed E-state index contributed by atoms with van der Waals surface area (Å²) in [5.41, 5.74) is 0.327. The zero-order valence-electron chi connectivity index (χ0n) is 11.5. The van der Waals surface area contributed by atoms with Gasteiger partial charge >= 0.3 is 0 Å². The molecule has 1 heterocycles. The smallest absolute Gasteiger partial charge is 0.216 e. The van der Waals surface area contributed by atoms with Crippen molar-refractivity contribution in [2.24, 2.45) is 5.10 Å². The molecular weight excluding hydrogens is 342 g/mol. The Hall–Kier alpha value is -2.38. The second kappa shape index (κ2) is 6.39. The lowest BCUT2D eigenvalue weighted by Gasteiger charge is -2.03. The third kappa shape index (κ3) is 3.06. The maximum atomic E-state index is 13.7. The van der Waals surface area contributed by atoms with Gasteiger partial charge in [0.25, 0.3) is 0 Å². The summed E-state index contributed by atoms with van der Waals surface area (Å²) in [7, 11) is 0. The highest BCUT2D eigenvalue weighted by atomic mass is 35.5. The van der Waals surface area contributed by atoms with E-state index < -0.39 is 11.6 Å². The summed E-state index contributed by atoms with van der Waals surface area (Å²) in [4.78, 5) is 0. The van der Waals surface area contributed by atoms with Crippen LogP contribution < -0.4 is 0 Å². The molecule has 0 atom stereocenters. The molecule has 8 heteroatoms. The third-order valence-electron chi connectivity index (χ3n) is 3.07. The van der Waals surface area contributed by atoms with E-state index in [9.17, 15) is 8.78 Å². The van der Waals surface area contributed by atoms with Crippen LogP contribution in [-0.2, 0) is 0 Å². The van der Waals surface area contributed by atoms with Crippen LogP contribution in [0.3, 0.4) is 0 Å². The molecule has 0 aliphatic carbocycles. The number of halogens is 3. The summed E-state index contributed by atoms with van der Waals surface area (Å²) in [6.07, 6.45) is 1.05. The SMILES string of the molecule is Fc1cccc(F)c1/C=N\n1c(-c2ccccc2Cl)n[nH]c1=S. The largest absolute Gasteiger partial charge is 0.250 e. The second-order valence-electron chi connectivity index (χ2n) is 4.52. The molecule has 0 spiro atoms. The molecular formula is C15H9ClF2N4S. The van der Waals surface area contributed by atoms with E-state index in [-0.39, 0.29) is 10.3 Å². The van der Waals surface area contributed by atoms with E-state index in [0.29, 0.717) is 16.4 Å². The number of aromatic amines is 1. The fourth-order valence-corrected chi connectivity index (χ4v) is 2.36. The van der Waals surface area contributed by atoms with Gasteiger partial charge in [-0.15, -0.1) is 0 Å². The summed E-state index contributed by atoms with van der Waals surface area (Å²) in [6.45, 7) is 0. The fraction of sp³-hybridized carbons (Fsp3) is 0. The van der Waals surface area contributed by atoms with Crippen molar-refractivity contribution in [3.05, 3.63) is 69.5 Å². The van der Waals surface area contributed by atoms with Gasteiger partial charge in [0.15, 0.2) is 5.82 Å². The molecule has 0 aliphatic heterocycles. The van der Waals surface area contributed by atoms with E-state index in [1.807, 2.05) is 0 Å². The van der Waals surface area contributed by atoms with Crippen LogP contribution in [0.4, 0.5) is 8.78 Å². The third-order valence-corrected chi connectivity index (χ3v) is 3.66. The molecule has 0 unspecified atom stereocenters. The lowest BCUT2D eigenvalue weighted by molar-refractivity contribution is 0.580. The number of nitrogens with zero attached hydrogens (tertiary/aromatic N) is 3. The lowest BCUT2D eigenvalue weighted by atomic mass is 10.2. The fourth-order valence-electron chi connectivity index (χ4n) is 1.97. The molecule has 116 valence electrons. The minimum absolute atomic E-state index is 0.174. The first-order chi connectivity index (χ1) is 11.1. The van der Waals surface area contributed by atoms with Gasteiger partial charge in [0.05, 0.1) is 16.8 Å². The van der Waals surface area contributed by atoms with Crippen molar-refractivity contribution in [3.8, 4) is 11.4 Å². The predicted octanol–water partition coefficient (Wildman–Crippen LogP) is 4.42. The van der Waals surface area contributed by atoms with Crippen molar-refractivity contribution < 1.29 is 8.78 Å². The monoisotopic (exact) mass is 350 g/mol. The van der Waals surface area contributed by atoms with Crippen LogP contribution in [0.25, 0.3) is 11.4 Å². The van der Waals surface area contributed by atoms with E-state index >= 15 is 0 Å². The zero-order valence-corrected chi connectivity index (χ0v) is 13.1. The average molecular weight is 351 g/mol.